The first-order valence-corrected chi connectivity index (χ1v) is 4.88. The van der Waals surface area contributed by atoms with Crippen molar-refractivity contribution in [1.82, 2.24) is 9.97 Å². The lowest BCUT2D eigenvalue weighted by Crippen LogP contribution is -2.09. The van der Waals surface area contributed by atoms with Crippen LogP contribution >= 0.6 is 0 Å². The molecule has 0 saturated carbocycles. The SMILES string of the molecule is Cc1nc2nc(C(F)(F)F)ccc2cc1C(=O)O. The van der Waals surface area contributed by atoms with E-state index >= 15 is 0 Å². The van der Waals surface area contributed by atoms with Crippen LogP contribution in [-0.4, -0.2) is 21.0 Å². The maximum atomic E-state index is 12.4. The fraction of sp³-hybridized carbons (Fsp3) is 0.182. The molecule has 4 nitrogen and oxygen atoms in total. The van der Waals surface area contributed by atoms with E-state index < -0.39 is 17.8 Å². The van der Waals surface area contributed by atoms with Gasteiger partial charge in [0.05, 0.1) is 11.3 Å². The number of rotatable bonds is 1. The summed E-state index contributed by atoms with van der Waals surface area (Å²) in [5.41, 5.74) is -1.09. The Hall–Kier alpha value is -2.18. The number of carbonyl (C=O) groups is 1. The van der Waals surface area contributed by atoms with Gasteiger partial charge in [0.1, 0.15) is 5.69 Å². The van der Waals surface area contributed by atoms with Crippen LogP contribution in [0.25, 0.3) is 11.0 Å². The molecule has 0 aliphatic carbocycles. The van der Waals surface area contributed by atoms with Crippen LogP contribution in [0.1, 0.15) is 21.7 Å². The lowest BCUT2D eigenvalue weighted by molar-refractivity contribution is -0.141. The van der Waals surface area contributed by atoms with E-state index in [0.29, 0.717) is 0 Å². The minimum atomic E-state index is -4.55. The van der Waals surface area contributed by atoms with Crippen molar-refractivity contribution in [2.45, 2.75) is 13.1 Å². The average molecular weight is 256 g/mol. The molecule has 0 aromatic carbocycles. The third kappa shape index (κ3) is 2.11. The van der Waals surface area contributed by atoms with Gasteiger partial charge in [-0.05, 0) is 25.1 Å². The lowest BCUT2D eigenvalue weighted by atomic mass is 10.1. The molecule has 18 heavy (non-hydrogen) atoms. The molecule has 0 atom stereocenters. The summed E-state index contributed by atoms with van der Waals surface area (Å²) in [4.78, 5) is 18.0. The second-order valence-corrected chi connectivity index (χ2v) is 3.67. The summed E-state index contributed by atoms with van der Waals surface area (Å²) in [6, 6.07) is 3.21. The van der Waals surface area contributed by atoms with E-state index in [0.717, 1.165) is 12.1 Å². The van der Waals surface area contributed by atoms with Crippen molar-refractivity contribution < 1.29 is 23.1 Å². The molecule has 2 aromatic rings. The molecule has 0 saturated heterocycles. The topological polar surface area (TPSA) is 63.1 Å². The van der Waals surface area contributed by atoms with Crippen molar-refractivity contribution >= 4 is 17.0 Å². The van der Waals surface area contributed by atoms with Crippen molar-refractivity contribution in [3.63, 3.8) is 0 Å². The van der Waals surface area contributed by atoms with E-state index in [1.165, 1.54) is 13.0 Å². The second-order valence-electron chi connectivity index (χ2n) is 3.67. The van der Waals surface area contributed by atoms with Gasteiger partial charge in [0, 0.05) is 5.39 Å². The van der Waals surface area contributed by atoms with Gasteiger partial charge in [-0.3, -0.25) is 0 Å². The Morgan fingerprint density at radius 1 is 1.28 bits per heavy atom. The number of alkyl halides is 3. The van der Waals surface area contributed by atoms with Gasteiger partial charge in [-0.15, -0.1) is 0 Å². The Balaban J connectivity index is 2.67. The molecule has 0 aliphatic heterocycles. The number of hydrogen-bond acceptors (Lipinski definition) is 3. The van der Waals surface area contributed by atoms with Crippen LogP contribution in [0.2, 0.25) is 0 Å². The fourth-order valence-corrected chi connectivity index (χ4v) is 1.51. The summed E-state index contributed by atoms with van der Waals surface area (Å²) < 4.78 is 37.3. The molecule has 94 valence electrons. The number of aromatic carboxylic acids is 1. The van der Waals surface area contributed by atoms with Gasteiger partial charge in [0.2, 0.25) is 0 Å². The van der Waals surface area contributed by atoms with Gasteiger partial charge in [0.25, 0.3) is 0 Å². The molecule has 1 N–H and O–H groups in total. The van der Waals surface area contributed by atoms with Crippen LogP contribution in [0.15, 0.2) is 18.2 Å². The Bertz CT molecular complexity index is 638. The summed E-state index contributed by atoms with van der Waals surface area (Å²) >= 11 is 0. The molecular formula is C11H7F3N2O2. The molecule has 7 heteroatoms. The summed E-state index contributed by atoms with van der Waals surface area (Å²) in [5, 5.41) is 9.12. The highest BCUT2D eigenvalue weighted by Crippen LogP contribution is 2.28. The largest absolute Gasteiger partial charge is 0.478 e. The van der Waals surface area contributed by atoms with E-state index in [9.17, 15) is 18.0 Å². The van der Waals surface area contributed by atoms with Crippen molar-refractivity contribution in [2.75, 3.05) is 0 Å². The van der Waals surface area contributed by atoms with Gasteiger partial charge in [0.15, 0.2) is 5.65 Å². The third-order valence-corrected chi connectivity index (χ3v) is 2.39. The number of aryl methyl sites for hydroxylation is 1. The lowest BCUT2D eigenvalue weighted by Gasteiger charge is -2.07. The van der Waals surface area contributed by atoms with Crippen LogP contribution in [0.3, 0.4) is 0 Å². The first kappa shape index (κ1) is 12.3. The van der Waals surface area contributed by atoms with Gasteiger partial charge < -0.3 is 5.11 Å². The van der Waals surface area contributed by atoms with Crippen molar-refractivity contribution in [3.05, 3.63) is 35.2 Å². The number of hydrogen-bond donors (Lipinski definition) is 1. The van der Waals surface area contributed by atoms with E-state index in [-0.39, 0.29) is 22.3 Å². The monoisotopic (exact) mass is 256 g/mol. The zero-order chi connectivity index (χ0) is 13.5. The van der Waals surface area contributed by atoms with Crippen molar-refractivity contribution in [2.24, 2.45) is 0 Å². The maximum Gasteiger partial charge on any atom is 0.433 e. The van der Waals surface area contributed by atoms with Crippen LogP contribution in [0.5, 0.6) is 0 Å². The molecule has 0 spiro atoms. The third-order valence-electron chi connectivity index (χ3n) is 2.39. The van der Waals surface area contributed by atoms with Crippen LogP contribution in [-0.2, 0) is 6.18 Å². The number of carboxylic acid groups (broad SMARTS) is 1. The summed E-state index contributed by atoms with van der Waals surface area (Å²) in [7, 11) is 0. The first-order chi connectivity index (χ1) is 8.29. The molecule has 0 bridgehead atoms. The number of aromatic nitrogens is 2. The highest BCUT2D eigenvalue weighted by Gasteiger charge is 2.32. The van der Waals surface area contributed by atoms with Crippen LogP contribution in [0.4, 0.5) is 13.2 Å². The molecule has 0 radical (unpaired) electrons. The zero-order valence-corrected chi connectivity index (χ0v) is 9.12. The maximum absolute atomic E-state index is 12.4. The minimum absolute atomic E-state index is 0.0518. The van der Waals surface area contributed by atoms with Crippen molar-refractivity contribution in [3.8, 4) is 0 Å². The van der Waals surface area contributed by atoms with Crippen LogP contribution in [0, 0.1) is 6.92 Å². The quantitative estimate of drug-likeness (QED) is 0.851. The van der Waals surface area contributed by atoms with Gasteiger partial charge in [-0.25, -0.2) is 14.8 Å². The number of pyridine rings is 2. The number of carboxylic acids is 1. The van der Waals surface area contributed by atoms with E-state index in [2.05, 4.69) is 9.97 Å². The summed E-state index contributed by atoms with van der Waals surface area (Å²) in [5.74, 6) is -1.18. The number of halogens is 3. The van der Waals surface area contributed by atoms with Gasteiger partial charge in [-0.1, -0.05) is 0 Å². The zero-order valence-electron chi connectivity index (χ0n) is 9.12. The number of nitrogens with zero attached hydrogens (tertiary/aromatic N) is 2. The Labute approximate surface area is 99.1 Å². The van der Waals surface area contributed by atoms with Crippen LogP contribution < -0.4 is 0 Å². The van der Waals surface area contributed by atoms with Gasteiger partial charge in [-0.2, -0.15) is 13.2 Å². The molecule has 2 heterocycles. The summed E-state index contributed by atoms with van der Waals surface area (Å²) in [6.07, 6.45) is -4.55. The number of fused-ring (bicyclic) bond motifs is 1. The van der Waals surface area contributed by atoms with E-state index in [1.807, 2.05) is 0 Å². The Morgan fingerprint density at radius 3 is 2.50 bits per heavy atom. The first-order valence-electron chi connectivity index (χ1n) is 4.88. The standard InChI is InChI=1S/C11H7F3N2O2/c1-5-7(10(17)18)4-6-2-3-8(11(12,13)14)16-9(6)15-5/h2-4H,1H3,(H,17,18). The smallest absolute Gasteiger partial charge is 0.433 e. The molecule has 2 aromatic heterocycles. The molecular weight excluding hydrogens is 249 g/mol. The van der Waals surface area contributed by atoms with E-state index in [4.69, 9.17) is 5.11 Å². The Morgan fingerprint density at radius 2 is 1.94 bits per heavy atom. The Kier molecular flexibility index (Phi) is 2.68. The predicted molar refractivity (Wildman–Crippen MR) is 56.2 cm³/mol. The second kappa shape index (κ2) is 3.94. The molecule has 2 rings (SSSR count). The molecule has 0 unspecified atom stereocenters. The van der Waals surface area contributed by atoms with Crippen molar-refractivity contribution in [1.29, 1.82) is 0 Å². The predicted octanol–water partition coefficient (Wildman–Crippen LogP) is 2.66. The highest BCUT2D eigenvalue weighted by atomic mass is 19.4. The molecule has 0 fully saturated rings. The normalized spacial score (nSPS) is 11.8. The minimum Gasteiger partial charge on any atom is -0.478 e. The summed E-state index contributed by atoms with van der Waals surface area (Å²) in [6.45, 7) is 1.41. The van der Waals surface area contributed by atoms with Gasteiger partial charge >= 0.3 is 12.1 Å². The fourth-order valence-electron chi connectivity index (χ4n) is 1.51. The average Bonchev–Trinajstić information content (AvgIpc) is 2.25. The highest BCUT2D eigenvalue weighted by molar-refractivity contribution is 5.93. The van der Waals surface area contributed by atoms with E-state index in [1.54, 1.807) is 0 Å². The molecule has 0 amide bonds. The molecule has 0 aliphatic rings.